The first-order valence-corrected chi connectivity index (χ1v) is 6.38. The van der Waals surface area contributed by atoms with Gasteiger partial charge in [-0.25, -0.2) is 0 Å². The van der Waals surface area contributed by atoms with E-state index in [0.29, 0.717) is 11.4 Å². The summed E-state index contributed by atoms with van der Waals surface area (Å²) in [6.07, 6.45) is 0.666. The van der Waals surface area contributed by atoms with Crippen molar-refractivity contribution < 1.29 is 9.90 Å². The molecular formula is C14H16ClNO2. The van der Waals surface area contributed by atoms with Gasteiger partial charge in [0.05, 0.1) is 17.0 Å². The van der Waals surface area contributed by atoms with Crippen molar-refractivity contribution in [1.29, 1.82) is 0 Å². The molecule has 18 heavy (non-hydrogen) atoms. The minimum absolute atomic E-state index is 0.140. The van der Waals surface area contributed by atoms with Crippen LogP contribution in [0.1, 0.15) is 32.0 Å². The Hall–Kier alpha value is -1.48. The van der Waals surface area contributed by atoms with Gasteiger partial charge in [-0.15, -0.1) is 0 Å². The van der Waals surface area contributed by atoms with Gasteiger partial charge in [0.15, 0.2) is 0 Å². The quantitative estimate of drug-likeness (QED) is 0.911. The Morgan fingerprint density at radius 2 is 2.17 bits per heavy atom. The van der Waals surface area contributed by atoms with E-state index >= 15 is 0 Å². The number of benzene rings is 1. The second-order valence-electron chi connectivity index (χ2n) is 4.67. The Morgan fingerprint density at radius 1 is 1.44 bits per heavy atom. The molecule has 2 aromatic rings. The number of halogens is 1. The first-order valence-electron chi connectivity index (χ1n) is 6.01. The van der Waals surface area contributed by atoms with E-state index in [1.807, 2.05) is 24.3 Å². The average molecular weight is 266 g/mol. The molecule has 1 heterocycles. The summed E-state index contributed by atoms with van der Waals surface area (Å²) >= 11 is 6.25. The molecule has 0 spiro atoms. The molecule has 0 fully saturated rings. The molecule has 2 rings (SSSR count). The van der Waals surface area contributed by atoms with Crippen LogP contribution in [0.15, 0.2) is 24.3 Å². The molecule has 0 radical (unpaired) electrons. The summed E-state index contributed by atoms with van der Waals surface area (Å²) in [6, 6.07) is 8.07. The highest BCUT2D eigenvalue weighted by Crippen LogP contribution is 2.30. The van der Waals surface area contributed by atoms with Crippen LogP contribution >= 0.6 is 11.6 Å². The molecule has 3 nitrogen and oxygen atoms in total. The van der Waals surface area contributed by atoms with Crippen molar-refractivity contribution in [2.75, 3.05) is 0 Å². The zero-order valence-electron chi connectivity index (χ0n) is 10.5. The number of fused-ring (bicyclic) bond motifs is 1. The zero-order chi connectivity index (χ0) is 13.3. The molecule has 4 heteroatoms. The fourth-order valence-corrected chi connectivity index (χ4v) is 2.59. The fourth-order valence-electron chi connectivity index (χ4n) is 2.31. The van der Waals surface area contributed by atoms with Gasteiger partial charge < -0.3 is 9.67 Å². The van der Waals surface area contributed by atoms with Gasteiger partial charge in [-0.1, -0.05) is 23.7 Å². The number of carbonyl (C=O) groups is 1. The second-order valence-corrected chi connectivity index (χ2v) is 5.08. The lowest BCUT2D eigenvalue weighted by atomic mass is 10.2. The molecule has 0 aliphatic carbocycles. The highest BCUT2D eigenvalue weighted by Gasteiger charge is 2.14. The molecule has 0 saturated heterocycles. The summed E-state index contributed by atoms with van der Waals surface area (Å²) < 4.78 is 2.13. The summed E-state index contributed by atoms with van der Waals surface area (Å²) in [7, 11) is 0. The molecule has 1 N–H and O–H groups in total. The monoisotopic (exact) mass is 265 g/mol. The maximum absolute atomic E-state index is 10.7. The summed E-state index contributed by atoms with van der Waals surface area (Å²) in [5.74, 6) is -0.776. The highest BCUT2D eigenvalue weighted by molar-refractivity contribution is 6.35. The Morgan fingerprint density at radius 3 is 2.78 bits per heavy atom. The van der Waals surface area contributed by atoms with Crippen LogP contribution in [0.3, 0.4) is 0 Å². The number of carboxylic acid groups (broad SMARTS) is 1. The van der Waals surface area contributed by atoms with Gasteiger partial charge in [-0.3, -0.25) is 4.79 Å². The van der Waals surface area contributed by atoms with E-state index in [1.165, 1.54) is 0 Å². The van der Waals surface area contributed by atoms with Gasteiger partial charge in [0.2, 0.25) is 0 Å². The number of aromatic nitrogens is 1. The van der Waals surface area contributed by atoms with Crippen LogP contribution in [0.4, 0.5) is 0 Å². The van der Waals surface area contributed by atoms with Crippen LogP contribution in [-0.2, 0) is 11.2 Å². The molecular weight excluding hydrogens is 250 g/mol. The smallest absolute Gasteiger partial charge is 0.303 e. The molecule has 1 aromatic heterocycles. The number of hydrogen-bond acceptors (Lipinski definition) is 1. The summed E-state index contributed by atoms with van der Waals surface area (Å²) in [6.45, 7) is 4.15. The molecule has 0 unspecified atom stereocenters. The third-order valence-electron chi connectivity index (χ3n) is 3.00. The summed E-state index contributed by atoms with van der Waals surface area (Å²) in [5, 5.41) is 10.6. The number of carboxylic acids is 1. The maximum Gasteiger partial charge on any atom is 0.303 e. The van der Waals surface area contributed by atoms with E-state index in [-0.39, 0.29) is 12.5 Å². The van der Waals surface area contributed by atoms with Gasteiger partial charge in [0.25, 0.3) is 0 Å². The third-order valence-corrected chi connectivity index (χ3v) is 3.31. The minimum Gasteiger partial charge on any atom is -0.481 e. The molecule has 0 amide bonds. The van der Waals surface area contributed by atoms with Crippen molar-refractivity contribution >= 4 is 28.5 Å². The van der Waals surface area contributed by atoms with Gasteiger partial charge in [0, 0.05) is 17.1 Å². The van der Waals surface area contributed by atoms with Gasteiger partial charge in [-0.05, 0) is 32.4 Å². The van der Waals surface area contributed by atoms with Crippen molar-refractivity contribution in [3.05, 3.63) is 35.0 Å². The normalized spacial score (nSPS) is 11.3. The van der Waals surface area contributed by atoms with Crippen LogP contribution in [0, 0.1) is 0 Å². The van der Waals surface area contributed by atoms with Crippen LogP contribution in [-0.4, -0.2) is 15.6 Å². The number of hydrogen-bond donors (Lipinski definition) is 1. The van der Waals surface area contributed by atoms with Crippen molar-refractivity contribution in [3.63, 3.8) is 0 Å². The van der Waals surface area contributed by atoms with Gasteiger partial charge >= 0.3 is 5.97 Å². The molecule has 0 atom stereocenters. The molecule has 1 aromatic carbocycles. The summed E-state index contributed by atoms with van der Waals surface area (Å²) in [5.41, 5.74) is 2.02. The minimum atomic E-state index is -0.776. The van der Waals surface area contributed by atoms with Crippen molar-refractivity contribution in [2.45, 2.75) is 32.7 Å². The Balaban J connectivity index is 2.55. The Kier molecular flexibility index (Phi) is 3.62. The van der Waals surface area contributed by atoms with Crippen molar-refractivity contribution in [3.8, 4) is 0 Å². The number of nitrogens with zero attached hydrogens (tertiary/aromatic N) is 1. The average Bonchev–Trinajstić information content (AvgIpc) is 2.66. The van der Waals surface area contributed by atoms with Crippen LogP contribution in [0.5, 0.6) is 0 Å². The zero-order valence-corrected chi connectivity index (χ0v) is 11.2. The SMILES string of the molecule is CC(C)n1c(CCC(=O)O)cc2cccc(Cl)c21. The second kappa shape index (κ2) is 5.02. The standard InChI is InChI=1S/C14H16ClNO2/c1-9(2)16-11(6-7-13(17)18)8-10-4-3-5-12(15)14(10)16/h3-5,8-9H,6-7H2,1-2H3,(H,17,18). The molecule has 96 valence electrons. The lowest BCUT2D eigenvalue weighted by molar-refractivity contribution is -0.136. The van der Waals surface area contributed by atoms with E-state index < -0.39 is 5.97 Å². The van der Waals surface area contributed by atoms with E-state index in [9.17, 15) is 4.79 Å². The third kappa shape index (κ3) is 2.36. The topological polar surface area (TPSA) is 42.2 Å². The number of para-hydroxylation sites is 1. The van der Waals surface area contributed by atoms with Crippen LogP contribution in [0.2, 0.25) is 5.02 Å². The van der Waals surface area contributed by atoms with E-state index in [1.54, 1.807) is 0 Å². The van der Waals surface area contributed by atoms with E-state index in [4.69, 9.17) is 16.7 Å². The first kappa shape index (κ1) is 13.0. The molecule has 0 aliphatic heterocycles. The Bertz CT molecular complexity index is 587. The van der Waals surface area contributed by atoms with Gasteiger partial charge in [-0.2, -0.15) is 0 Å². The van der Waals surface area contributed by atoms with Crippen molar-refractivity contribution in [1.82, 2.24) is 4.57 Å². The Labute approximate surface area is 111 Å². The predicted molar refractivity (Wildman–Crippen MR) is 73.3 cm³/mol. The van der Waals surface area contributed by atoms with E-state index in [2.05, 4.69) is 18.4 Å². The first-order chi connectivity index (χ1) is 8.50. The highest BCUT2D eigenvalue weighted by atomic mass is 35.5. The molecule has 0 saturated carbocycles. The van der Waals surface area contributed by atoms with Crippen LogP contribution in [0.25, 0.3) is 10.9 Å². The lowest BCUT2D eigenvalue weighted by Gasteiger charge is -2.15. The predicted octanol–water partition coefficient (Wildman–Crippen LogP) is 3.89. The van der Waals surface area contributed by atoms with Gasteiger partial charge in [0.1, 0.15) is 0 Å². The van der Waals surface area contributed by atoms with Crippen molar-refractivity contribution in [2.24, 2.45) is 0 Å². The number of rotatable bonds is 4. The van der Waals surface area contributed by atoms with E-state index in [0.717, 1.165) is 16.6 Å². The van der Waals surface area contributed by atoms with Crippen LogP contribution < -0.4 is 0 Å². The number of aliphatic carboxylic acids is 1. The molecule has 0 bridgehead atoms. The summed E-state index contributed by atoms with van der Waals surface area (Å²) in [4.78, 5) is 10.7. The number of aryl methyl sites for hydroxylation is 1. The maximum atomic E-state index is 10.7. The lowest BCUT2D eigenvalue weighted by Crippen LogP contribution is -2.07. The molecule has 0 aliphatic rings. The largest absolute Gasteiger partial charge is 0.481 e. The fraction of sp³-hybridized carbons (Fsp3) is 0.357.